The van der Waals surface area contributed by atoms with Gasteiger partial charge in [0.25, 0.3) is 0 Å². The molecule has 1 saturated carbocycles. The van der Waals surface area contributed by atoms with E-state index in [0.29, 0.717) is 13.1 Å². The maximum absolute atomic E-state index is 12.7. The van der Waals surface area contributed by atoms with Crippen LogP contribution < -0.4 is 10.6 Å². The molecule has 1 aromatic rings. The van der Waals surface area contributed by atoms with Gasteiger partial charge in [-0.15, -0.1) is 0 Å². The van der Waals surface area contributed by atoms with Gasteiger partial charge < -0.3 is 10.6 Å². The van der Waals surface area contributed by atoms with Crippen LogP contribution in [-0.4, -0.2) is 73.5 Å². The summed E-state index contributed by atoms with van der Waals surface area (Å²) in [7, 11) is 0. The molecule has 1 unspecified atom stereocenters. The van der Waals surface area contributed by atoms with E-state index in [-0.39, 0.29) is 23.3 Å². The lowest BCUT2D eigenvalue weighted by Gasteiger charge is -2.38. The van der Waals surface area contributed by atoms with E-state index in [1.165, 1.54) is 24.8 Å². The molecule has 0 aromatic heterocycles. The lowest BCUT2D eigenvalue weighted by molar-refractivity contribution is -0.125. The van der Waals surface area contributed by atoms with Gasteiger partial charge in [0.05, 0.1) is 13.1 Å². The summed E-state index contributed by atoms with van der Waals surface area (Å²) in [6.45, 7) is 9.04. The van der Waals surface area contributed by atoms with Gasteiger partial charge in [-0.3, -0.25) is 19.4 Å². The number of amides is 2. The molecule has 2 aliphatic rings. The lowest BCUT2D eigenvalue weighted by Crippen LogP contribution is -2.52. The molecule has 31 heavy (non-hydrogen) atoms. The Balaban J connectivity index is 1.42. The van der Waals surface area contributed by atoms with Gasteiger partial charge in [-0.2, -0.15) is 0 Å². The van der Waals surface area contributed by atoms with Crippen molar-refractivity contribution in [3.8, 4) is 0 Å². The van der Waals surface area contributed by atoms with Gasteiger partial charge in [-0.25, -0.2) is 0 Å². The van der Waals surface area contributed by atoms with Crippen LogP contribution in [0.5, 0.6) is 0 Å². The summed E-state index contributed by atoms with van der Waals surface area (Å²) in [6, 6.07) is 10.9. The lowest BCUT2D eigenvalue weighted by atomic mass is 9.69. The quantitative estimate of drug-likeness (QED) is 0.634. The monoisotopic (exact) mass is 428 g/mol. The molecule has 2 N–H and O–H groups in total. The maximum Gasteiger partial charge on any atom is 0.234 e. The summed E-state index contributed by atoms with van der Waals surface area (Å²) in [5.41, 5.74) is 1.44. The Morgan fingerprint density at radius 1 is 0.935 bits per heavy atom. The van der Waals surface area contributed by atoms with Crippen molar-refractivity contribution in [3.05, 3.63) is 35.9 Å². The Kier molecular flexibility index (Phi) is 8.90. The van der Waals surface area contributed by atoms with Gasteiger partial charge in [-0.1, -0.05) is 56.5 Å². The van der Waals surface area contributed by atoms with Crippen LogP contribution in [0.1, 0.15) is 57.9 Å². The van der Waals surface area contributed by atoms with Crippen LogP contribution in [0.25, 0.3) is 0 Å². The summed E-state index contributed by atoms with van der Waals surface area (Å²) in [5, 5.41) is 6.28. The number of nitrogens with zero attached hydrogens (tertiary/aromatic N) is 2. The number of carbonyl (C=O) groups excluding carboxylic acids is 2. The van der Waals surface area contributed by atoms with Crippen LogP contribution in [-0.2, 0) is 15.0 Å². The second-order valence-electron chi connectivity index (χ2n) is 9.41. The average Bonchev–Trinajstić information content (AvgIpc) is 2.80. The summed E-state index contributed by atoms with van der Waals surface area (Å²) in [6.07, 6.45) is 7.00. The molecule has 2 fully saturated rings. The molecule has 1 saturated heterocycles. The SMILES string of the molecule is CCC(C)NC(=O)CN1CCN(CC(=O)NCC2(c3ccccc3)CCCCC2)CC1. The first-order chi connectivity index (χ1) is 15.0. The number of carbonyl (C=O) groups is 2. The zero-order valence-electron chi connectivity index (χ0n) is 19.4. The Bertz CT molecular complexity index is 695. The normalized spacial score (nSPS) is 20.7. The van der Waals surface area contributed by atoms with E-state index < -0.39 is 0 Å². The van der Waals surface area contributed by atoms with Crippen molar-refractivity contribution >= 4 is 11.8 Å². The minimum absolute atomic E-state index is 0.0802. The molecule has 1 aliphatic heterocycles. The Morgan fingerprint density at radius 2 is 1.52 bits per heavy atom. The molecular weight excluding hydrogens is 388 g/mol. The fourth-order valence-electron chi connectivity index (χ4n) is 4.85. The van der Waals surface area contributed by atoms with Crippen LogP contribution in [0.2, 0.25) is 0 Å². The highest BCUT2D eigenvalue weighted by atomic mass is 16.2. The van der Waals surface area contributed by atoms with Crippen molar-refractivity contribution in [2.24, 2.45) is 0 Å². The molecular formula is C25H40N4O2. The van der Waals surface area contributed by atoms with Crippen molar-refractivity contribution in [3.63, 3.8) is 0 Å². The van der Waals surface area contributed by atoms with Crippen LogP contribution in [0.4, 0.5) is 0 Å². The minimum atomic E-state index is 0.0802. The standard InChI is InChI=1S/C25H40N4O2/c1-3-21(2)27-24(31)19-29-16-14-28(15-17-29)18-23(30)26-20-25(12-8-5-9-13-25)22-10-6-4-7-11-22/h4,6-7,10-11,21H,3,5,8-9,12-20H2,1-2H3,(H,26,30)(H,27,31). The molecule has 6 heteroatoms. The Morgan fingerprint density at radius 3 is 2.10 bits per heavy atom. The highest BCUT2D eigenvalue weighted by molar-refractivity contribution is 5.78. The van der Waals surface area contributed by atoms with Crippen molar-refractivity contribution < 1.29 is 9.59 Å². The Labute approximate surface area is 187 Å². The number of benzene rings is 1. The molecule has 1 aromatic carbocycles. The van der Waals surface area contributed by atoms with E-state index in [4.69, 9.17) is 0 Å². The van der Waals surface area contributed by atoms with Crippen molar-refractivity contribution in [1.29, 1.82) is 0 Å². The highest BCUT2D eigenvalue weighted by Gasteiger charge is 2.34. The topological polar surface area (TPSA) is 64.7 Å². The first kappa shape index (κ1) is 23.7. The van der Waals surface area contributed by atoms with Gasteiger partial charge in [0.15, 0.2) is 0 Å². The van der Waals surface area contributed by atoms with Crippen LogP contribution in [0.3, 0.4) is 0 Å². The van der Waals surface area contributed by atoms with E-state index in [0.717, 1.165) is 52.0 Å². The van der Waals surface area contributed by atoms with E-state index >= 15 is 0 Å². The molecule has 1 aliphatic carbocycles. The zero-order valence-corrected chi connectivity index (χ0v) is 19.4. The zero-order chi connectivity index (χ0) is 22.1. The number of nitrogens with one attached hydrogen (secondary N) is 2. The number of hydrogen-bond donors (Lipinski definition) is 2. The van der Waals surface area contributed by atoms with E-state index in [1.54, 1.807) is 0 Å². The maximum atomic E-state index is 12.7. The molecule has 1 atom stereocenters. The molecule has 6 nitrogen and oxygen atoms in total. The van der Waals surface area contributed by atoms with E-state index in [1.807, 2.05) is 6.92 Å². The van der Waals surface area contributed by atoms with Gasteiger partial charge in [0.2, 0.25) is 11.8 Å². The third-order valence-electron chi connectivity index (χ3n) is 7.04. The van der Waals surface area contributed by atoms with E-state index in [2.05, 4.69) is 57.7 Å². The van der Waals surface area contributed by atoms with Crippen molar-refractivity contribution in [2.45, 2.75) is 63.8 Å². The minimum Gasteiger partial charge on any atom is -0.354 e. The summed E-state index contributed by atoms with van der Waals surface area (Å²) >= 11 is 0. The summed E-state index contributed by atoms with van der Waals surface area (Å²) in [5.74, 6) is 0.211. The predicted molar refractivity (Wildman–Crippen MR) is 125 cm³/mol. The van der Waals surface area contributed by atoms with Crippen LogP contribution in [0.15, 0.2) is 30.3 Å². The predicted octanol–water partition coefficient (Wildman–Crippen LogP) is 2.54. The second-order valence-corrected chi connectivity index (χ2v) is 9.41. The summed E-state index contributed by atoms with van der Waals surface area (Å²) in [4.78, 5) is 29.2. The highest BCUT2D eigenvalue weighted by Crippen LogP contribution is 2.38. The van der Waals surface area contributed by atoms with E-state index in [9.17, 15) is 9.59 Å². The molecule has 0 spiro atoms. The van der Waals surface area contributed by atoms with Gasteiger partial charge in [0.1, 0.15) is 0 Å². The van der Waals surface area contributed by atoms with Crippen LogP contribution >= 0.6 is 0 Å². The summed E-state index contributed by atoms with van der Waals surface area (Å²) < 4.78 is 0. The number of rotatable bonds is 9. The number of hydrogen-bond acceptors (Lipinski definition) is 4. The van der Waals surface area contributed by atoms with Gasteiger partial charge in [0, 0.05) is 44.2 Å². The fraction of sp³-hybridized carbons (Fsp3) is 0.680. The third-order valence-corrected chi connectivity index (χ3v) is 7.04. The fourth-order valence-corrected chi connectivity index (χ4v) is 4.85. The van der Waals surface area contributed by atoms with Crippen molar-refractivity contribution in [1.82, 2.24) is 20.4 Å². The second kappa shape index (κ2) is 11.6. The average molecular weight is 429 g/mol. The van der Waals surface area contributed by atoms with Crippen LogP contribution in [0, 0.1) is 0 Å². The third kappa shape index (κ3) is 7.04. The molecule has 3 rings (SSSR count). The largest absolute Gasteiger partial charge is 0.354 e. The smallest absolute Gasteiger partial charge is 0.234 e. The molecule has 2 amide bonds. The van der Waals surface area contributed by atoms with Crippen molar-refractivity contribution in [2.75, 3.05) is 45.8 Å². The number of piperazine rings is 1. The molecule has 1 heterocycles. The first-order valence-electron chi connectivity index (χ1n) is 12.1. The molecule has 0 radical (unpaired) electrons. The molecule has 0 bridgehead atoms. The van der Waals surface area contributed by atoms with Gasteiger partial charge in [-0.05, 0) is 31.7 Å². The first-order valence-corrected chi connectivity index (χ1v) is 12.1. The Hall–Kier alpha value is -1.92. The van der Waals surface area contributed by atoms with Gasteiger partial charge >= 0.3 is 0 Å². The molecule has 172 valence electrons.